The molecule has 3 rings (SSSR count). The number of nitro benzene ring substituents is 1. The molecule has 0 atom stereocenters. The van der Waals surface area contributed by atoms with Gasteiger partial charge in [-0.05, 0) is 30.0 Å². The lowest BCUT2D eigenvalue weighted by Crippen LogP contribution is -2.21. The molecule has 0 amide bonds. The Morgan fingerprint density at radius 1 is 1.16 bits per heavy atom. The summed E-state index contributed by atoms with van der Waals surface area (Å²) in [7, 11) is 2.94. The number of nitro groups is 1. The second-order valence-corrected chi connectivity index (χ2v) is 8.19. The van der Waals surface area contributed by atoms with Crippen LogP contribution in [0.25, 0.3) is 10.9 Å². The van der Waals surface area contributed by atoms with Crippen molar-refractivity contribution < 1.29 is 19.5 Å². The Bertz CT molecular complexity index is 1300. The van der Waals surface area contributed by atoms with Crippen LogP contribution >= 0.6 is 0 Å². The first-order valence-electron chi connectivity index (χ1n) is 9.69. The highest BCUT2D eigenvalue weighted by molar-refractivity contribution is 5.86. The number of hydrogen-bond acceptors (Lipinski definition) is 8. The van der Waals surface area contributed by atoms with Gasteiger partial charge in [-0.1, -0.05) is 20.8 Å². The fraction of sp³-hybridized carbons (Fsp3) is 0.318. The molecule has 0 radical (unpaired) electrons. The van der Waals surface area contributed by atoms with Gasteiger partial charge in [-0.15, -0.1) is 0 Å². The van der Waals surface area contributed by atoms with E-state index in [0.29, 0.717) is 22.6 Å². The summed E-state index contributed by atoms with van der Waals surface area (Å²) in [6.07, 6.45) is 1.21. The van der Waals surface area contributed by atoms with Gasteiger partial charge in [0.2, 0.25) is 5.75 Å². The van der Waals surface area contributed by atoms with Crippen molar-refractivity contribution in [3.63, 3.8) is 0 Å². The van der Waals surface area contributed by atoms with Gasteiger partial charge in [0, 0.05) is 17.7 Å². The molecule has 1 N–H and O–H groups in total. The number of aromatic nitrogens is 2. The molecule has 32 heavy (non-hydrogen) atoms. The van der Waals surface area contributed by atoms with E-state index in [4.69, 9.17) is 9.47 Å². The van der Waals surface area contributed by atoms with E-state index in [0.717, 1.165) is 4.68 Å². The minimum absolute atomic E-state index is 0.114. The van der Waals surface area contributed by atoms with Crippen molar-refractivity contribution in [2.75, 3.05) is 14.2 Å². The van der Waals surface area contributed by atoms with Crippen molar-refractivity contribution in [2.24, 2.45) is 5.10 Å². The maximum absolute atomic E-state index is 13.1. The Morgan fingerprint density at radius 2 is 1.78 bits per heavy atom. The molecule has 0 saturated heterocycles. The summed E-state index contributed by atoms with van der Waals surface area (Å²) in [6.45, 7) is 7.29. The normalized spacial score (nSPS) is 11.8. The summed E-state index contributed by atoms with van der Waals surface area (Å²) < 4.78 is 11.6. The van der Waals surface area contributed by atoms with Crippen molar-refractivity contribution in [3.8, 4) is 17.2 Å². The summed E-state index contributed by atoms with van der Waals surface area (Å²) in [4.78, 5) is 28.2. The molecule has 0 bridgehead atoms. The molecule has 10 heteroatoms. The van der Waals surface area contributed by atoms with Gasteiger partial charge >= 0.3 is 5.69 Å². The Hall–Kier alpha value is -3.95. The second kappa shape index (κ2) is 8.29. The Morgan fingerprint density at radius 3 is 2.34 bits per heavy atom. The predicted octanol–water partition coefficient (Wildman–Crippen LogP) is 3.52. The van der Waals surface area contributed by atoms with E-state index >= 15 is 0 Å². The lowest BCUT2D eigenvalue weighted by molar-refractivity contribution is -0.386. The highest BCUT2D eigenvalue weighted by Crippen LogP contribution is 2.35. The minimum Gasteiger partial charge on any atom is -0.502 e. The Balaban J connectivity index is 2.19. The van der Waals surface area contributed by atoms with Crippen LogP contribution in [0.2, 0.25) is 0 Å². The molecule has 0 aliphatic carbocycles. The van der Waals surface area contributed by atoms with Crippen LogP contribution in [0.4, 0.5) is 5.69 Å². The van der Waals surface area contributed by atoms with Gasteiger partial charge in [-0.3, -0.25) is 14.9 Å². The van der Waals surface area contributed by atoms with Crippen molar-refractivity contribution >= 4 is 22.8 Å². The summed E-state index contributed by atoms with van der Waals surface area (Å²) in [5, 5.41) is 26.2. The van der Waals surface area contributed by atoms with Crippen LogP contribution in [-0.2, 0) is 5.41 Å². The number of aromatic hydroxyl groups is 1. The van der Waals surface area contributed by atoms with E-state index in [-0.39, 0.29) is 16.8 Å². The molecule has 0 saturated carbocycles. The zero-order valence-electron chi connectivity index (χ0n) is 18.7. The third kappa shape index (κ3) is 4.11. The zero-order chi connectivity index (χ0) is 23.8. The summed E-state index contributed by atoms with van der Waals surface area (Å²) in [5.41, 5.74) is -0.149. The predicted molar refractivity (Wildman–Crippen MR) is 120 cm³/mol. The number of phenols is 1. The number of nitrogens with zero attached hydrogens (tertiary/aromatic N) is 4. The van der Waals surface area contributed by atoms with Crippen molar-refractivity contribution in [1.82, 2.24) is 9.66 Å². The number of hydrogen-bond donors (Lipinski definition) is 1. The van der Waals surface area contributed by atoms with E-state index in [1.54, 1.807) is 19.1 Å². The fourth-order valence-electron chi connectivity index (χ4n) is 3.18. The summed E-state index contributed by atoms with van der Waals surface area (Å²) in [6, 6.07) is 6.05. The van der Waals surface area contributed by atoms with Gasteiger partial charge < -0.3 is 14.6 Å². The SMILES string of the molecule is COc1cc2nc(C)n(/N=C/c3cc(C(C)(C)C)cc([N+](=O)[O-])c3O)c(=O)c2cc1OC. The molecule has 1 heterocycles. The average Bonchev–Trinajstić information content (AvgIpc) is 2.72. The van der Waals surface area contributed by atoms with Gasteiger partial charge in [0.1, 0.15) is 5.82 Å². The van der Waals surface area contributed by atoms with E-state index in [1.807, 2.05) is 20.8 Å². The highest BCUT2D eigenvalue weighted by atomic mass is 16.6. The number of ether oxygens (including phenoxy) is 2. The molecule has 2 aromatic carbocycles. The number of phenolic OH excluding ortho intramolecular Hbond substituents is 1. The van der Waals surface area contributed by atoms with E-state index in [1.165, 1.54) is 32.6 Å². The molecule has 0 spiro atoms. The number of aryl methyl sites for hydroxylation is 1. The van der Waals surface area contributed by atoms with Crippen LogP contribution in [0.15, 0.2) is 34.2 Å². The Labute approximate surface area is 183 Å². The first kappa shape index (κ1) is 22.7. The number of rotatable bonds is 5. The molecule has 168 valence electrons. The second-order valence-electron chi connectivity index (χ2n) is 8.19. The molecule has 0 aliphatic rings. The van der Waals surface area contributed by atoms with Crippen LogP contribution in [0.3, 0.4) is 0 Å². The van der Waals surface area contributed by atoms with Gasteiger partial charge in [-0.2, -0.15) is 9.78 Å². The van der Waals surface area contributed by atoms with Crippen molar-refractivity contribution in [1.29, 1.82) is 0 Å². The van der Waals surface area contributed by atoms with Gasteiger partial charge in [-0.25, -0.2) is 4.98 Å². The van der Waals surface area contributed by atoms with E-state index in [2.05, 4.69) is 10.1 Å². The van der Waals surface area contributed by atoms with E-state index in [9.17, 15) is 20.0 Å². The van der Waals surface area contributed by atoms with Crippen LogP contribution in [-0.4, -0.2) is 40.1 Å². The molecule has 3 aromatic rings. The molecule has 1 aromatic heterocycles. The van der Waals surface area contributed by atoms with Gasteiger partial charge in [0.25, 0.3) is 5.56 Å². The molecular formula is C22H24N4O6. The summed E-state index contributed by atoms with van der Waals surface area (Å²) >= 11 is 0. The minimum atomic E-state index is -0.656. The van der Waals surface area contributed by atoms with E-state index < -0.39 is 27.3 Å². The van der Waals surface area contributed by atoms with Crippen molar-refractivity contribution in [3.05, 3.63) is 61.7 Å². The molecular weight excluding hydrogens is 416 g/mol. The third-order valence-electron chi connectivity index (χ3n) is 5.01. The molecule has 0 unspecified atom stereocenters. The average molecular weight is 440 g/mol. The van der Waals surface area contributed by atoms with Gasteiger partial charge in [0.15, 0.2) is 11.5 Å². The molecule has 0 aliphatic heterocycles. The van der Waals surface area contributed by atoms with Crippen LogP contribution in [0, 0.1) is 17.0 Å². The fourth-order valence-corrected chi connectivity index (χ4v) is 3.18. The smallest absolute Gasteiger partial charge is 0.311 e. The largest absolute Gasteiger partial charge is 0.502 e. The van der Waals surface area contributed by atoms with Crippen LogP contribution in [0.5, 0.6) is 17.2 Å². The molecule has 0 fully saturated rings. The first-order chi connectivity index (χ1) is 15.0. The lowest BCUT2D eigenvalue weighted by Gasteiger charge is -2.19. The summed E-state index contributed by atoms with van der Waals surface area (Å²) in [5.74, 6) is 0.553. The standard InChI is InChI=1S/C22H24N4O6/c1-12-24-16-10-19(32-6)18(31-5)9-15(16)21(28)25(12)23-11-13-7-14(22(2,3)4)8-17(20(13)27)26(29)30/h7-11,27H,1-6H3/b23-11+. The zero-order valence-corrected chi connectivity index (χ0v) is 18.7. The third-order valence-corrected chi connectivity index (χ3v) is 5.01. The number of benzene rings is 2. The number of methoxy groups -OCH3 is 2. The van der Waals surface area contributed by atoms with Crippen LogP contribution < -0.4 is 15.0 Å². The van der Waals surface area contributed by atoms with Crippen LogP contribution in [0.1, 0.15) is 37.7 Å². The van der Waals surface area contributed by atoms with Crippen molar-refractivity contribution in [2.45, 2.75) is 33.1 Å². The first-order valence-corrected chi connectivity index (χ1v) is 9.69. The monoisotopic (exact) mass is 440 g/mol. The topological polar surface area (TPSA) is 129 Å². The van der Waals surface area contributed by atoms with Gasteiger partial charge in [0.05, 0.1) is 36.3 Å². The quantitative estimate of drug-likeness (QED) is 0.365. The number of fused-ring (bicyclic) bond motifs is 1. The Kier molecular flexibility index (Phi) is 5.89. The lowest BCUT2D eigenvalue weighted by atomic mass is 9.85. The maximum atomic E-state index is 13.1. The highest BCUT2D eigenvalue weighted by Gasteiger charge is 2.24. The molecule has 10 nitrogen and oxygen atoms in total. The maximum Gasteiger partial charge on any atom is 0.311 e.